The largest absolute Gasteiger partial charge is 0.508 e. The molecule has 4 heteroatoms. The van der Waals surface area contributed by atoms with Gasteiger partial charge in [0.25, 0.3) is 0 Å². The third-order valence-electron chi connectivity index (χ3n) is 1.17. The molecule has 0 fully saturated rings. The molecular weight excluding hydrogens is 151 g/mol. The molecular formula is C7H4FO3. The summed E-state index contributed by atoms with van der Waals surface area (Å²) in [6, 6.07) is 2.74. The molecule has 57 valence electrons. The second-order valence-corrected chi connectivity index (χ2v) is 1.95. The zero-order chi connectivity index (χ0) is 8.43. The van der Waals surface area contributed by atoms with E-state index >= 15 is 0 Å². The highest BCUT2D eigenvalue weighted by Crippen LogP contribution is 2.14. The predicted molar refractivity (Wildman–Crippen MR) is 33.1 cm³/mol. The molecule has 0 amide bonds. The Labute approximate surface area is 61.7 Å². The number of phenols is 1. The van der Waals surface area contributed by atoms with Crippen molar-refractivity contribution in [3.8, 4) is 5.75 Å². The van der Waals surface area contributed by atoms with Gasteiger partial charge in [-0.05, 0) is 12.1 Å². The normalized spacial score (nSPS) is 9.55. The third kappa shape index (κ3) is 1.46. The van der Waals surface area contributed by atoms with Crippen molar-refractivity contribution in [1.29, 1.82) is 0 Å². The molecule has 11 heavy (non-hydrogen) atoms. The minimum Gasteiger partial charge on any atom is -0.508 e. The molecule has 0 aliphatic carbocycles. The van der Waals surface area contributed by atoms with E-state index in [-0.39, 0.29) is 5.75 Å². The first-order valence-corrected chi connectivity index (χ1v) is 2.81. The van der Waals surface area contributed by atoms with Gasteiger partial charge in [0.15, 0.2) is 0 Å². The maximum absolute atomic E-state index is 12.5. The molecule has 3 nitrogen and oxygen atoms in total. The molecule has 0 heterocycles. The van der Waals surface area contributed by atoms with Gasteiger partial charge in [0, 0.05) is 6.07 Å². The Kier molecular flexibility index (Phi) is 1.76. The van der Waals surface area contributed by atoms with E-state index < -0.39 is 17.3 Å². The van der Waals surface area contributed by atoms with Crippen molar-refractivity contribution in [2.24, 2.45) is 0 Å². The van der Waals surface area contributed by atoms with Crippen LogP contribution in [-0.2, 0) is 5.11 Å². The number of carbonyl (C=O) groups excluding carboxylic acids is 1. The number of phenolic OH excluding ortho intramolecular Hbond substituents is 1. The molecule has 1 aromatic carbocycles. The van der Waals surface area contributed by atoms with E-state index in [1.54, 1.807) is 0 Å². The molecule has 0 saturated carbocycles. The molecule has 0 bridgehead atoms. The average molecular weight is 155 g/mol. The smallest absolute Gasteiger partial charge is 0.389 e. The highest BCUT2D eigenvalue weighted by molar-refractivity contribution is 5.87. The molecule has 1 N–H and O–H groups in total. The lowest BCUT2D eigenvalue weighted by Gasteiger charge is -1.94. The van der Waals surface area contributed by atoms with Crippen molar-refractivity contribution in [2.45, 2.75) is 0 Å². The summed E-state index contributed by atoms with van der Waals surface area (Å²) in [5.41, 5.74) is -0.553. The van der Waals surface area contributed by atoms with Crippen molar-refractivity contribution in [1.82, 2.24) is 0 Å². The van der Waals surface area contributed by atoms with E-state index in [1.807, 2.05) is 0 Å². The van der Waals surface area contributed by atoms with E-state index in [9.17, 15) is 14.3 Å². The second kappa shape index (κ2) is 2.57. The highest BCUT2D eigenvalue weighted by Gasteiger charge is 2.11. The SMILES string of the molecule is [O]C(=O)c1ccc(O)cc1F. The van der Waals surface area contributed by atoms with Crippen LogP contribution in [0.5, 0.6) is 5.75 Å². The summed E-state index contributed by atoms with van der Waals surface area (Å²) < 4.78 is 12.5. The first-order valence-electron chi connectivity index (χ1n) is 2.81. The minimum atomic E-state index is -1.59. The summed E-state index contributed by atoms with van der Waals surface area (Å²) in [7, 11) is 0. The Bertz CT molecular complexity index is 296. The van der Waals surface area contributed by atoms with Crippen LogP contribution < -0.4 is 0 Å². The summed E-state index contributed by atoms with van der Waals surface area (Å²) in [6.07, 6.45) is 0. The van der Waals surface area contributed by atoms with Gasteiger partial charge in [-0.15, -0.1) is 0 Å². The van der Waals surface area contributed by atoms with Crippen LogP contribution in [0.25, 0.3) is 0 Å². The van der Waals surface area contributed by atoms with Gasteiger partial charge >= 0.3 is 5.97 Å². The maximum atomic E-state index is 12.5. The quantitative estimate of drug-likeness (QED) is 0.660. The highest BCUT2D eigenvalue weighted by atomic mass is 19.1. The lowest BCUT2D eigenvalue weighted by atomic mass is 10.2. The van der Waals surface area contributed by atoms with Gasteiger partial charge in [0.05, 0.1) is 0 Å². The molecule has 1 radical (unpaired) electrons. The van der Waals surface area contributed by atoms with Crippen LogP contribution in [0.15, 0.2) is 18.2 Å². The van der Waals surface area contributed by atoms with Gasteiger partial charge in [0.1, 0.15) is 17.1 Å². The van der Waals surface area contributed by atoms with Crippen molar-refractivity contribution in [3.63, 3.8) is 0 Å². The molecule has 0 aliphatic heterocycles. The van der Waals surface area contributed by atoms with E-state index in [2.05, 4.69) is 0 Å². The summed E-state index contributed by atoms with van der Waals surface area (Å²) in [4.78, 5) is 10.1. The zero-order valence-electron chi connectivity index (χ0n) is 5.37. The standard InChI is InChI=1S/C7H4FO3/c8-6-3-4(9)1-2-5(6)7(10)11/h1-3,9H. The molecule has 0 atom stereocenters. The van der Waals surface area contributed by atoms with Crippen molar-refractivity contribution in [3.05, 3.63) is 29.6 Å². The zero-order valence-corrected chi connectivity index (χ0v) is 5.37. The predicted octanol–water partition coefficient (Wildman–Crippen LogP) is 1.10. The van der Waals surface area contributed by atoms with E-state index in [4.69, 9.17) is 5.11 Å². The van der Waals surface area contributed by atoms with Crippen LogP contribution in [0, 0.1) is 5.82 Å². The lowest BCUT2D eigenvalue weighted by molar-refractivity contribution is 0.0568. The van der Waals surface area contributed by atoms with Gasteiger partial charge in [0.2, 0.25) is 0 Å². The number of rotatable bonds is 1. The molecule has 1 aromatic rings. The molecule has 0 aliphatic rings. The fourth-order valence-corrected chi connectivity index (χ4v) is 0.670. The van der Waals surface area contributed by atoms with Gasteiger partial charge < -0.3 is 5.11 Å². The van der Waals surface area contributed by atoms with Crippen LogP contribution in [0.4, 0.5) is 4.39 Å². The number of halogens is 1. The first-order chi connectivity index (χ1) is 5.11. The van der Waals surface area contributed by atoms with E-state index in [0.717, 1.165) is 12.1 Å². The number of benzene rings is 1. The summed E-state index contributed by atoms with van der Waals surface area (Å²) in [6.45, 7) is 0. The van der Waals surface area contributed by atoms with Crippen LogP contribution in [0.1, 0.15) is 10.4 Å². The Morgan fingerprint density at radius 1 is 1.45 bits per heavy atom. The van der Waals surface area contributed by atoms with Gasteiger partial charge in [-0.2, -0.15) is 0 Å². The Balaban J connectivity index is 3.20. The monoisotopic (exact) mass is 155 g/mol. The minimum absolute atomic E-state index is 0.312. The van der Waals surface area contributed by atoms with Crippen molar-refractivity contribution in [2.75, 3.05) is 0 Å². The molecule has 1 rings (SSSR count). The van der Waals surface area contributed by atoms with Crippen LogP contribution in [0.3, 0.4) is 0 Å². The fraction of sp³-hybridized carbons (Fsp3) is 0. The molecule has 0 saturated heterocycles. The van der Waals surface area contributed by atoms with Gasteiger partial charge in [-0.25, -0.2) is 14.3 Å². The Morgan fingerprint density at radius 3 is 2.55 bits per heavy atom. The lowest BCUT2D eigenvalue weighted by Crippen LogP contribution is -1.97. The number of hydrogen-bond acceptors (Lipinski definition) is 2. The van der Waals surface area contributed by atoms with Crippen molar-refractivity contribution < 1.29 is 19.4 Å². The summed E-state index contributed by atoms with van der Waals surface area (Å²) in [5, 5.41) is 18.8. The number of carbonyl (C=O) groups is 1. The Morgan fingerprint density at radius 2 is 2.09 bits per heavy atom. The maximum Gasteiger partial charge on any atom is 0.389 e. The molecule has 0 unspecified atom stereocenters. The molecule has 0 spiro atoms. The van der Waals surface area contributed by atoms with Gasteiger partial charge in [-0.3, -0.25) is 0 Å². The van der Waals surface area contributed by atoms with E-state index in [1.165, 1.54) is 0 Å². The third-order valence-corrected chi connectivity index (χ3v) is 1.17. The topological polar surface area (TPSA) is 57.2 Å². The number of aromatic hydroxyl groups is 1. The number of hydrogen-bond donors (Lipinski definition) is 1. The van der Waals surface area contributed by atoms with Crippen LogP contribution >= 0.6 is 0 Å². The van der Waals surface area contributed by atoms with Crippen LogP contribution in [0.2, 0.25) is 0 Å². The average Bonchev–Trinajstić information content (AvgIpc) is 1.85. The Hall–Kier alpha value is -1.58. The fourth-order valence-electron chi connectivity index (χ4n) is 0.670. The van der Waals surface area contributed by atoms with Crippen molar-refractivity contribution >= 4 is 5.97 Å². The summed E-state index contributed by atoms with van der Waals surface area (Å²) >= 11 is 0. The van der Waals surface area contributed by atoms with E-state index in [0.29, 0.717) is 6.07 Å². The molecule has 0 aromatic heterocycles. The van der Waals surface area contributed by atoms with Crippen LogP contribution in [-0.4, -0.2) is 11.1 Å². The summed E-state index contributed by atoms with van der Waals surface area (Å²) in [5.74, 6) is -2.90. The van der Waals surface area contributed by atoms with Gasteiger partial charge in [-0.1, -0.05) is 0 Å². The first kappa shape index (κ1) is 7.53. The second-order valence-electron chi connectivity index (χ2n) is 1.95.